The zero-order valence-corrected chi connectivity index (χ0v) is 12.8. The molecule has 0 radical (unpaired) electrons. The molecule has 21 heavy (non-hydrogen) atoms. The molecule has 0 aliphatic heterocycles. The van der Waals surface area contributed by atoms with Crippen LogP contribution in [-0.2, 0) is 19.5 Å². The average Bonchev–Trinajstić information content (AvgIpc) is 2.56. The van der Waals surface area contributed by atoms with Crippen molar-refractivity contribution >= 4 is 5.96 Å². The second-order valence-corrected chi connectivity index (χ2v) is 4.89. The third-order valence-electron chi connectivity index (χ3n) is 3.47. The summed E-state index contributed by atoms with van der Waals surface area (Å²) >= 11 is 0. The molecule has 0 spiro atoms. The molecule has 0 fully saturated rings. The van der Waals surface area contributed by atoms with Crippen LogP contribution in [0.15, 0.2) is 59.6 Å². The molecular weight excluding hydrogens is 258 g/mol. The van der Waals surface area contributed by atoms with E-state index in [2.05, 4.69) is 58.9 Å². The minimum absolute atomic E-state index is 0.774. The first-order valence-electron chi connectivity index (χ1n) is 7.38. The summed E-state index contributed by atoms with van der Waals surface area (Å²) in [5, 5.41) is 6.70. The van der Waals surface area contributed by atoms with Gasteiger partial charge in [-0.3, -0.25) is 4.99 Å². The van der Waals surface area contributed by atoms with E-state index in [-0.39, 0.29) is 0 Å². The van der Waals surface area contributed by atoms with Crippen LogP contribution in [0, 0.1) is 0 Å². The molecule has 0 heterocycles. The summed E-state index contributed by atoms with van der Waals surface area (Å²) < 4.78 is 0. The molecule has 2 aromatic rings. The van der Waals surface area contributed by atoms with Crippen molar-refractivity contribution in [2.45, 2.75) is 26.4 Å². The van der Waals surface area contributed by atoms with Gasteiger partial charge in [0.2, 0.25) is 0 Å². The van der Waals surface area contributed by atoms with Crippen LogP contribution in [0.2, 0.25) is 0 Å². The van der Waals surface area contributed by atoms with Gasteiger partial charge in [0.25, 0.3) is 0 Å². The molecule has 0 amide bonds. The number of aliphatic imine (C=N–C) groups is 1. The summed E-state index contributed by atoms with van der Waals surface area (Å²) in [6.07, 6.45) is 1.05. The van der Waals surface area contributed by atoms with Crippen LogP contribution in [-0.4, -0.2) is 13.0 Å². The lowest BCUT2D eigenvalue weighted by atomic mass is 10.1. The second-order valence-electron chi connectivity index (χ2n) is 4.89. The number of guanidine groups is 1. The Morgan fingerprint density at radius 2 is 1.48 bits per heavy atom. The van der Waals surface area contributed by atoms with Crippen LogP contribution in [0.4, 0.5) is 0 Å². The minimum Gasteiger partial charge on any atom is -0.352 e. The van der Waals surface area contributed by atoms with Crippen molar-refractivity contribution in [3.05, 3.63) is 71.3 Å². The molecule has 110 valence electrons. The molecule has 3 nitrogen and oxygen atoms in total. The highest BCUT2D eigenvalue weighted by Crippen LogP contribution is 2.08. The van der Waals surface area contributed by atoms with Crippen molar-refractivity contribution < 1.29 is 0 Å². The highest BCUT2D eigenvalue weighted by molar-refractivity contribution is 5.79. The number of aryl methyl sites for hydroxylation is 1. The highest BCUT2D eigenvalue weighted by atomic mass is 15.2. The Morgan fingerprint density at radius 3 is 2.14 bits per heavy atom. The van der Waals surface area contributed by atoms with Crippen molar-refractivity contribution in [1.82, 2.24) is 10.6 Å². The fourth-order valence-electron chi connectivity index (χ4n) is 2.26. The summed E-state index contributed by atoms with van der Waals surface area (Å²) in [6, 6.07) is 18.8. The Labute approximate surface area is 127 Å². The Kier molecular flexibility index (Phi) is 5.83. The van der Waals surface area contributed by atoms with E-state index in [4.69, 9.17) is 0 Å². The number of hydrogen-bond acceptors (Lipinski definition) is 1. The first-order valence-corrected chi connectivity index (χ1v) is 7.38. The Balaban J connectivity index is 1.88. The largest absolute Gasteiger partial charge is 0.352 e. The van der Waals surface area contributed by atoms with Gasteiger partial charge in [-0.2, -0.15) is 0 Å². The SMILES string of the molecule is CCc1ccccc1CNC(=NC)NCc1ccccc1. The van der Waals surface area contributed by atoms with E-state index in [9.17, 15) is 0 Å². The zero-order chi connectivity index (χ0) is 14.9. The van der Waals surface area contributed by atoms with Gasteiger partial charge in [-0.15, -0.1) is 0 Å². The van der Waals surface area contributed by atoms with Gasteiger partial charge in [0.05, 0.1) is 0 Å². The topological polar surface area (TPSA) is 36.4 Å². The standard InChI is InChI=1S/C18H23N3/c1-3-16-11-7-8-12-17(16)14-21-18(19-2)20-13-15-9-5-4-6-10-15/h4-12H,3,13-14H2,1-2H3,(H2,19,20,21). The fraction of sp³-hybridized carbons (Fsp3) is 0.278. The number of benzene rings is 2. The molecule has 0 aromatic heterocycles. The van der Waals surface area contributed by atoms with E-state index in [1.807, 2.05) is 18.2 Å². The zero-order valence-electron chi connectivity index (χ0n) is 12.8. The number of rotatable bonds is 5. The van der Waals surface area contributed by atoms with Gasteiger partial charge in [-0.05, 0) is 23.1 Å². The lowest BCUT2D eigenvalue weighted by Crippen LogP contribution is -2.36. The van der Waals surface area contributed by atoms with E-state index in [1.54, 1.807) is 7.05 Å². The smallest absolute Gasteiger partial charge is 0.191 e. The number of nitrogens with one attached hydrogen (secondary N) is 2. The number of nitrogens with zero attached hydrogens (tertiary/aromatic N) is 1. The third-order valence-corrected chi connectivity index (χ3v) is 3.47. The summed E-state index contributed by atoms with van der Waals surface area (Å²) in [7, 11) is 1.80. The van der Waals surface area contributed by atoms with Crippen molar-refractivity contribution in [3.8, 4) is 0 Å². The van der Waals surface area contributed by atoms with Gasteiger partial charge in [0.15, 0.2) is 5.96 Å². The van der Waals surface area contributed by atoms with Crippen LogP contribution in [0.25, 0.3) is 0 Å². The van der Waals surface area contributed by atoms with Crippen LogP contribution in [0.3, 0.4) is 0 Å². The first-order chi connectivity index (χ1) is 10.3. The van der Waals surface area contributed by atoms with Crippen LogP contribution in [0.1, 0.15) is 23.6 Å². The van der Waals surface area contributed by atoms with Crippen LogP contribution in [0.5, 0.6) is 0 Å². The van der Waals surface area contributed by atoms with E-state index >= 15 is 0 Å². The number of hydrogen-bond donors (Lipinski definition) is 2. The maximum Gasteiger partial charge on any atom is 0.191 e. The molecule has 0 saturated heterocycles. The van der Waals surface area contributed by atoms with Gasteiger partial charge in [0.1, 0.15) is 0 Å². The van der Waals surface area contributed by atoms with Gasteiger partial charge < -0.3 is 10.6 Å². The van der Waals surface area contributed by atoms with Crippen LogP contribution >= 0.6 is 0 Å². The molecule has 2 rings (SSSR count). The molecule has 2 N–H and O–H groups in total. The third kappa shape index (κ3) is 4.63. The van der Waals surface area contributed by atoms with Gasteiger partial charge in [0, 0.05) is 20.1 Å². The molecule has 3 heteroatoms. The lowest BCUT2D eigenvalue weighted by molar-refractivity contribution is 0.803. The summed E-state index contributed by atoms with van der Waals surface area (Å²) in [5.74, 6) is 0.824. The van der Waals surface area contributed by atoms with Crippen LogP contribution < -0.4 is 10.6 Å². The van der Waals surface area contributed by atoms with Crippen molar-refractivity contribution in [3.63, 3.8) is 0 Å². The van der Waals surface area contributed by atoms with Crippen molar-refractivity contribution in [1.29, 1.82) is 0 Å². The van der Waals surface area contributed by atoms with Gasteiger partial charge in [-0.1, -0.05) is 61.5 Å². The molecule has 0 atom stereocenters. The Hall–Kier alpha value is -2.29. The summed E-state index contributed by atoms with van der Waals surface area (Å²) in [6.45, 7) is 3.75. The summed E-state index contributed by atoms with van der Waals surface area (Å²) in [5.41, 5.74) is 3.94. The predicted molar refractivity (Wildman–Crippen MR) is 89.3 cm³/mol. The van der Waals surface area contributed by atoms with E-state index < -0.39 is 0 Å². The Bertz CT molecular complexity index is 576. The Morgan fingerprint density at radius 1 is 0.857 bits per heavy atom. The molecular formula is C18H23N3. The van der Waals surface area contributed by atoms with E-state index in [0.29, 0.717) is 0 Å². The average molecular weight is 281 g/mol. The lowest BCUT2D eigenvalue weighted by Gasteiger charge is -2.13. The van der Waals surface area contributed by atoms with E-state index in [1.165, 1.54) is 16.7 Å². The normalized spacial score (nSPS) is 11.2. The van der Waals surface area contributed by atoms with E-state index in [0.717, 1.165) is 25.5 Å². The van der Waals surface area contributed by atoms with Gasteiger partial charge in [-0.25, -0.2) is 0 Å². The maximum absolute atomic E-state index is 4.27. The maximum atomic E-state index is 4.27. The minimum atomic E-state index is 0.774. The van der Waals surface area contributed by atoms with Crippen molar-refractivity contribution in [2.75, 3.05) is 7.05 Å². The molecule has 0 aliphatic carbocycles. The fourth-order valence-corrected chi connectivity index (χ4v) is 2.26. The molecule has 0 aliphatic rings. The second kappa shape index (κ2) is 8.10. The molecule has 0 unspecified atom stereocenters. The summed E-state index contributed by atoms with van der Waals surface area (Å²) in [4.78, 5) is 4.27. The highest BCUT2D eigenvalue weighted by Gasteiger charge is 2.02. The first kappa shape index (κ1) is 15.1. The predicted octanol–water partition coefficient (Wildman–Crippen LogP) is 3.11. The monoisotopic (exact) mass is 281 g/mol. The van der Waals surface area contributed by atoms with Gasteiger partial charge >= 0.3 is 0 Å². The quantitative estimate of drug-likeness (QED) is 0.652. The molecule has 2 aromatic carbocycles. The molecule has 0 bridgehead atoms. The van der Waals surface area contributed by atoms with Crippen molar-refractivity contribution in [2.24, 2.45) is 4.99 Å². The molecule has 0 saturated carbocycles.